The van der Waals surface area contributed by atoms with E-state index in [9.17, 15) is 0 Å². The van der Waals surface area contributed by atoms with E-state index in [1.54, 1.807) is 0 Å². The van der Waals surface area contributed by atoms with Gasteiger partial charge >= 0.3 is 0 Å². The zero-order valence-corrected chi connectivity index (χ0v) is 14.8. The fourth-order valence-electron chi connectivity index (χ4n) is 1.94. The van der Waals surface area contributed by atoms with Crippen LogP contribution in [0.5, 0.6) is 0 Å². The lowest BCUT2D eigenvalue weighted by Gasteiger charge is -2.12. The van der Waals surface area contributed by atoms with Crippen molar-refractivity contribution in [1.29, 1.82) is 0 Å². The minimum Gasteiger partial charge on any atom is -0.369 e. The molecule has 3 nitrogen and oxygen atoms in total. The van der Waals surface area contributed by atoms with Crippen molar-refractivity contribution in [1.82, 2.24) is 9.97 Å². The van der Waals surface area contributed by atoms with Crippen molar-refractivity contribution in [3.63, 3.8) is 0 Å². The highest BCUT2D eigenvalue weighted by atomic mass is 79.9. The molecule has 0 amide bonds. The van der Waals surface area contributed by atoms with E-state index < -0.39 is 0 Å². The first-order valence-electron chi connectivity index (χ1n) is 7.19. The quantitative estimate of drug-likeness (QED) is 0.702. The third kappa shape index (κ3) is 4.45. The Morgan fingerprint density at radius 1 is 1.14 bits per heavy atom. The summed E-state index contributed by atoms with van der Waals surface area (Å²) in [7, 11) is 0. The molecule has 0 aliphatic carbocycles. The van der Waals surface area contributed by atoms with Crippen LogP contribution in [0.15, 0.2) is 34.8 Å². The van der Waals surface area contributed by atoms with E-state index in [2.05, 4.69) is 52.2 Å². The van der Waals surface area contributed by atoms with Gasteiger partial charge in [0.05, 0.1) is 15.9 Å². The Balaban J connectivity index is 2.37. The summed E-state index contributed by atoms with van der Waals surface area (Å²) in [6, 6.07) is 10.2. The number of aromatic nitrogens is 2. The average molecular weight is 366 g/mol. The average Bonchev–Trinajstić information content (AvgIpc) is 2.51. The molecule has 0 radical (unpaired) electrons. The van der Waals surface area contributed by atoms with Gasteiger partial charge in [-0.2, -0.15) is 11.8 Å². The number of halogens is 1. The lowest BCUT2D eigenvalue weighted by atomic mass is 10.1. The van der Waals surface area contributed by atoms with Gasteiger partial charge in [-0.1, -0.05) is 37.3 Å². The highest BCUT2D eigenvalue weighted by molar-refractivity contribution is 9.10. The number of rotatable bonds is 7. The molecule has 0 aliphatic rings. The van der Waals surface area contributed by atoms with Gasteiger partial charge in [-0.15, -0.1) is 0 Å². The molecule has 0 unspecified atom stereocenters. The molecule has 0 aliphatic heterocycles. The van der Waals surface area contributed by atoms with Crippen molar-refractivity contribution >= 4 is 33.5 Å². The fourth-order valence-corrected chi connectivity index (χ4v) is 3.23. The van der Waals surface area contributed by atoms with Gasteiger partial charge in [-0.25, -0.2) is 9.97 Å². The molecule has 1 aromatic heterocycles. The molecule has 5 heteroatoms. The standard InChI is InChI=1S/C16H20BrN3S/c1-3-10-21-11-13-19-15(12-8-6-5-7-9-12)14(17)16(20-13)18-4-2/h5-9H,3-4,10-11H2,1-2H3,(H,18,19,20). The first-order chi connectivity index (χ1) is 10.3. The van der Waals surface area contributed by atoms with E-state index >= 15 is 0 Å². The fraction of sp³-hybridized carbons (Fsp3) is 0.375. The van der Waals surface area contributed by atoms with Gasteiger partial charge in [-0.05, 0) is 35.0 Å². The Bertz CT molecular complexity index is 575. The molecule has 0 spiro atoms. The topological polar surface area (TPSA) is 37.8 Å². The molecule has 0 atom stereocenters. The Morgan fingerprint density at radius 2 is 1.90 bits per heavy atom. The van der Waals surface area contributed by atoms with Gasteiger partial charge in [0.25, 0.3) is 0 Å². The molecule has 0 saturated carbocycles. The number of nitrogens with one attached hydrogen (secondary N) is 1. The van der Waals surface area contributed by atoms with Crippen molar-refractivity contribution in [2.24, 2.45) is 0 Å². The highest BCUT2D eigenvalue weighted by Gasteiger charge is 2.13. The Kier molecular flexibility index (Phi) is 6.51. The normalized spacial score (nSPS) is 10.6. The first-order valence-corrected chi connectivity index (χ1v) is 9.14. The van der Waals surface area contributed by atoms with E-state index in [-0.39, 0.29) is 0 Å². The lowest BCUT2D eigenvalue weighted by molar-refractivity contribution is 1.01. The van der Waals surface area contributed by atoms with Crippen molar-refractivity contribution in [3.8, 4) is 11.3 Å². The van der Waals surface area contributed by atoms with Crippen LogP contribution in [0, 0.1) is 0 Å². The largest absolute Gasteiger partial charge is 0.369 e. The van der Waals surface area contributed by atoms with Crippen LogP contribution < -0.4 is 5.32 Å². The van der Waals surface area contributed by atoms with Gasteiger partial charge < -0.3 is 5.32 Å². The first kappa shape index (κ1) is 16.3. The van der Waals surface area contributed by atoms with Crippen LogP contribution in [-0.2, 0) is 5.75 Å². The maximum absolute atomic E-state index is 4.74. The molecule has 2 aromatic rings. The summed E-state index contributed by atoms with van der Waals surface area (Å²) >= 11 is 5.52. The smallest absolute Gasteiger partial charge is 0.144 e. The van der Waals surface area contributed by atoms with Crippen LogP contribution in [0.4, 0.5) is 5.82 Å². The molecule has 0 saturated heterocycles. The van der Waals surface area contributed by atoms with Crippen molar-refractivity contribution in [2.45, 2.75) is 26.0 Å². The van der Waals surface area contributed by atoms with E-state index in [0.717, 1.165) is 45.4 Å². The number of hydrogen-bond donors (Lipinski definition) is 1. The molecule has 0 fully saturated rings. The van der Waals surface area contributed by atoms with Crippen LogP contribution in [0.25, 0.3) is 11.3 Å². The van der Waals surface area contributed by atoms with E-state index in [4.69, 9.17) is 4.98 Å². The van der Waals surface area contributed by atoms with Crippen LogP contribution in [0.3, 0.4) is 0 Å². The monoisotopic (exact) mass is 365 g/mol. The SMILES string of the molecule is CCCSCc1nc(NCC)c(Br)c(-c2ccccc2)n1. The molecule has 1 aromatic carbocycles. The summed E-state index contributed by atoms with van der Waals surface area (Å²) in [6.07, 6.45) is 1.17. The van der Waals surface area contributed by atoms with E-state index in [1.807, 2.05) is 30.0 Å². The van der Waals surface area contributed by atoms with Crippen LogP contribution >= 0.6 is 27.7 Å². The second kappa shape index (κ2) is 8.39. The summed E-state index contributed by atoms with van der Waals surface area (Å²) in [5.41, 5.74) is 2.06. The molecule has 2 rings (SSSR count). The third-order valence-corrected chi connectivity index (χ3v) is 4.78. The summed E-state index contributed by atoms with van der Waals surface area (Å²) in [4.78, 5) is 9.37. The zero-order valence-electron chi connectivity index (χ0n) is 12.4. The van der Waals surface area contributed by atoms with Crippen LogP contribution in [0.2, 0.25) is 0 Å². The van der Waals surface area contributed by atoms with Crippen LogP contribution in [-0.4, -0.2) is 22.3 Å². The number of benzene rings is 1. The summed E-state index contributed by atoms with van der Waals surface area (Å²) in [6.45, 7) is 5.10. The molecule has 1 N–H and O–H groups in total. The summed E-state index contributed by atoms with van der Waals surface area (Å²) in [5.74, 6) is 3.74. The zero-order chi connectivity index (χ0) is 15.1. The highest BCUT2D eigenvalue weighted by Crippen LogP contribution is 2.32. The van der Waals surface area contributed by atoms with Gasteiger partial charge in [0.15, 0.2) is 0 Å². The third-order valence-electron chi connectivity index (χ3n) is 2.87. The summed E-state index contributed by atoms with van der Waals surface area (Å²) in [5, 5.41) is 3.31. The molecular formula is C16H20BrN3S. The number of thioether (sulfide) groups is 1. The van der Waals surface area contributed by atoms with Crippen molar-refractivity contribution in [2.75, 3.05) is 17.6 Å². The molecule has 1 heterocycles. The lowest BCUT2D eigenvalue weighted by Crippen LogP contribution is -2.06. The molecule has 112 valence electrons. The molecule has 21 heavy (non-hydrogen) atoms. The van der Waals surface area contributed by atoms with Gasteiger partial charge in [0.2, 0.25) is 0 Å². The maximum Gasteiger partial charge on any atom is 0.144 e. The van der Waals surface area contributed by atoms with E-state index in [1.165, 1.54) is 6.42 Å². The Morgan fingerprint density at radius 3 is 2.57 bits per heavy atom. The number of nitrogens with zero attached hydrogens (tertiary/aromatic N) is 2. The Hall–Kier alpha value is -1.07. The number of hydrogen-bond acceptors (Lipinski definition) is 4. The number of anilines is 1. The van der Waals surface area contributed by atoms with Gasteiger partial charge in [-0.3, -0.25) is 0 Å². The predicted molar refractivity (Wildman–Crippen MR) is 95.8 cm³/mol. The summed E-state index contributed by atoms with van der Waals surface area (Å²) < 4.78 is 0.930. The van der Waals surface area contributed by atoms with Gasteiger partial charge in [0, 0.05) is 12.1 Å². The van der Waals surface area contributed by atoms with Crippen molar-refractivity contribution < 1.29 is 0 Å². The molecule has 0 bridgehead atoms. The second-order valence-corrected chi connectivity index (χ2v) is 6.50. The predicted octanol–water partition coefficient (Wildman–Crippen LogP) is 4.98. The minimum absolute atomic E-state index is 0.839. The minimum atomic E-state index is 0.839. The van der Waals surface area contributed by atoms with Gasteiger partial charge in [0.1, 0.15) is 11.6 Å². The second-order valence-electron chi connectivity index (χ2n) is 4.60. The maximum atomic E-state index is 4.74. The van der Waals surface area contributed by atoms with Crippen LogP contribution in [0.1, 0.15) is 26.1 Å². The van der Waals surface area contributed by atoms with Crippen molar-refractivity contribution in [3.05, 3.63) is 40.6 Å². The molecular weight excluding hydrogens is 346 g/mol. The Labute approximate surface area is 139 Å². The van der Waals surface area contributed by atoms with E-state index in [0.29, 0.717) is 0 Å².